The highest BCUT2D eigenvalue weighted by Crippen LogP contribution is 2.69. The second-order valence-electron chi connectivity index (χ2n) is 15.4. The maximum Gasteiger partial charge on any atom is 0.334 e. The molecule has 66 heavy (non-hydrogen) atoms. The van der Waals surface area contributed by atoms with E-state index < -0.39 is 79.5 Å². The van der Waals surface area contributed by atoms with Gasteiger partial charge < -0.3 is 54.3 Å². The average molecular weight is 1070 g/mol. The first-order valence-electron chi connectivity index (χ1n) is 24.6. The Morgan fingerprint density at radius 3 is 0.788 bits per heavy atom. The van der Waals surface area contributed by atoms with Crippen LogP contribution in [0.4, 0.5) is 0 Å². The zero-order valence-corrected chi connectivity index (χ0v) is 48.4. The van der Waals surface area contributed by atoms with Crippen molar-refractivity contribution in [2.24, 2.45) is 0 Å². The van der Waals surface area contributed by atoms with Gasteiger partial charge >= 0.3 is 45.6 Å². The highest BCUT2D eigenvalue weighted by atomic mass is 31.2. The molecule has 0 aliphatic carbocycles. The number of hydrogen-bond acceptors (Lipinski definition) is 18. The van der Waals surface area contributed by atoms with E-state index in [1.165, 1.54) is 0 Å². The fourth-order valence-corrected chi connectivity index (χ4v) is 22.6. The molecule has 0 radical (unpaired) electrons. The maximum atomic E-state index is 15.2. The van der Waals surface area contributed by atoms with Crippen molar-refractivity contribution in [2.45, 2.75) is 195 Å². The van der Waals surface area contributed by atoms with Crippen molar-refractivity contribution in [1.29, 1.82) is 0 Å². The molecule has 0 rings (SSSR count). The Hall–Kier alpha value is 0.900. The molecule has 0 saturated heterocycles. The lowest BCUT2D eigenvalue weighted by molar-refractivity contribution is 0.183. The van der Waals surface area contributed by atoms with E-state index in [9.17, 15) is 9.13 Å². The van der Waals surface area contributed by atoms with Gasteiger partial charge in [0.15, 0.2) is 0 Å². The van der Waals surface area contributed by atoms with Crippen molar-refractivity contribution >= 4 is 45.6 Å². The summed E-state index contributed by atoms with van der Waals surface area (Å²) in [5.41, 5.74) is -5.36. The van der Waals surface area contributed by atoms with Crippen molar-refractivity contribution in [2.75, 3.05) is 79.3 Å². The summed E-state index contributed by atoms with van der Waals surface area (Å²) < 4.78 is 159. The third-order valence-electron chi connectivity index (χ3n) is 10.7. The van der Waals surface area contributed by atoms with E-state index in [0.717, 1.165) is 0 Å². The van der Waals surface area contributed by atoms with Gasteiger partial charge in [-0.3, -0.25) is 27.4 Å². The fourth-order valence-electron chi connectivity index (χ4n) is 8.00. The summed E-state index contributed by atoms with van der Waals surface area (Å²) >= 11 is 0. The summed E-state index contributed by atoms with van der Waals surface area (Å²) in [5.74, 6) is 0. The Morgan fingerprint density at radius 2 is 0.500 bits per heavy atom. The van der Waals surface area contributed by atoms with E-state index in [0.29, 0.717) is 25.7 Å². The first-order chi connectivity index (χ1) is 31.2. The van der Waals surface area contributed by atoms with Crippen LogP contribution in [0.1, 0.15) is 161 Å². The Labute approximate surface area is 400 Å². The molecule has 7 unspecified atom stereocenters. The summed E-state index contributed by atoms with van der Waals surface area (Å²) in [6.07, 6.45) is 2.56. The number of hydrogen-bond donors (Lipinski definition) is 0. The molecule has 398 valence electrons. The molecule has 0 N–H and O–H groups in total. The molecule has 7 atom stereocenters. The zero-order valence-electron chi connectivity index (χ0n) is 43.1. The van der Waals surface area contributed by atoms with Gasteiger partial charge in [0.2, 0.25) is 0 Å². The van der Waals surface area contributed by atoms with Crippen LogP contribution in [0.3, 0.4) is 0 Å². The maximum absolute atomic E-state index is 15.2. The van der Waals surface area contributed by atoms with Crippen LogP contribution in [0.2, 0.25) is 0 Å². The smallest absolute Gasteiger partial charge is 0.309 e. The highest BCUT2D eigenvalue weighted by Gasteiger charge is 2.53. The Balaban J connectivity index is 7.80. The molecule has 24 heteroatoms. The lowest BCUT2D eigenvalue weighted by atomic mass is 10.0. The molecule has 0 fully saturated rings. The van der Waals surface area contributed by atoms with Gasteiger partial charge in [-0.25, -0.2) is 0 Å². The summed E-state index contributed by atoms with van der Waals surface area (Å²) in [4.78, 5) is 0. The largest absolute Gasteiger partial charge is 0.334 e. The van der Waals surface area contributed by atoms with Crippen LogP contribution in [0.5, 0.6) is 0 Å². The summed E-state index contributed by atoms with van der Waals surface area (Å²) in [6, 6.07) is 0. The Kier molecular flexibility index (Phi) is 35.6. The van der Waals surface area contributed by atoms with E-state index in [1.807, 2.05) is 13.8 Å². The quantitative estimate of drug-likeness (QED) is 0.0409. The molecule has 0 spiro atoms. The first kappa shape index (κ1) is 66.9. The van der Waals surface area contributed by atoms with Crippen LogP contribution >= 0.6 is 45.6 Å². The van der Waals surface area contributed by atoms with Crippen LogP contribution < -0.4 is 0 Å². The predicted molar refractivity (Wildman–Crippen MR) is 265 cm³/mol. The monoisotopic (exact) mass is 1070 g/mol. The van der Waals surface area contributed by atoms with Crippen molar-refractivity contribution in [3.05, 3.63) is 0 Å². The first-order valence-corrected chi connectivity index (χ1v) is 34.2. The van der Waals surface area contributed by atoms with Crippen molar-refractivity contribution in [3.8, 4) is 0 Å². The minimum Gasteiger partial charge on any atom is -0.309 e. The van der Waals surface area contributed by atoms with Gasteiger partial charge in [0.05, 0.1) is 113 Å². The van der Waals surface area contributed by atoms with E-state index in [-0.39, 0.29) is 118 Å². The molecule has 0 aromatic carbocycles. The number of unbranched alkanes of at least 4 members (excludes halogenated alkanes) is 1. The standard InChI is InChI=1S/C42H92O18P6/c1-15-36-60-66(48,59-26-12)42(35-34-38(14)62(44,51-18-4)52-19-5)41(65(47,57-24-10)58-25-11)33-29-32-40(64(46,55-22-8)56-23-9)39(63(45,53-20-6)54-21-7)31-28-27-30-37(13)61(43,49-16-2)50-17-3/h37-42H,15-36H2,1-14H3. The molecule has 0 saturated carbocycles. The minimum atomic E-state index is -4.17. The Morgan fingerprint density at radius 1 is 0.273 bits per heavy atom. The molecule has 0 aromatic heterocycles. The summed E-state index contributed by atoms with van der Waals surface area (Å²) in [6.45, 7) is 25.2. The van der Waals surface area contributed by atoms with Gasteiger partial charge in [-0.1, -0.05) is 40.0 Å². The average Bonchev–Trinajstić information content (AvgIpc) is 3.24. The SMILES string of the molecule is CCCOP(=O)(OCC)C(CCC(C)P(=O)(OCC)OCC)C(CCCC(C(CCCCC(C)P(=O)(OCC)OCC)P(=O)(OCC)OCC)P(=O)(OCC)OCC)P(=O)(OCC)OCC. The normalized spacial score (nSPS) is 17.0. The second-order valence-corrected chi connectivity index (χ2v) is 29.4. The molecule has 0 amide bonds. The lowest BCUT2D eigenvalue weighted by Crippen LogP contribution is -2.33. The highest BCUT2D eigenvalue weighted by molar-refractivity contribution is 7.60. The lowest BCUT2D eigenvalue weighted by Gasteiger charge is -2.38. The summed E-state index contributed by atoms with van der Waals surface area (Å²) in [5, 5.41) is 0. The summed E-state index contributed by atoms with van der Waals surface area (Å²) in [7, 11) is -23.5. The minimum absolute atomic E-state index is 0.000771. The van der Waals surface area contributed by atoms with Gasteiger partial charge in [-0.15, -0.1) is 0 Å². The van der Waals surface area contributed by atoms with Crippen molar-refractivity contribution in [3.63, 3.8) is 0 Å². The van der Waals surface area contributed by atoms with E-state index in [2.05, 4.69) is 0 Å². The third kappa shape index (κ3) is 21.2. The van der Waals surface area contributed by atoms with Crippen LogP contribution in [0, 0.1) is 0 Å². The number of rotatable bonds is 45. The van der Waals surface area contributed by atoms with Crippen LogP contribution in [0.25, 0.3) is 0 Å². The van der Waals surface area contributed by atoms with Gasteiger partial charge in [0.25, 0.3) is 0 Å². The molecule has 18 nitrogen and oxygen atoms in total. The van der Waals surface area contributed by atoms with E-state index in [4.69, 9.17) is 54.3 Å². The Bertz CT molecular complexity index is 1520. The van der Waals surface area contributed by atoms with E-state index >= 15 is 18.3 Å². The molecular formula is C42H92O18P6. The molecule has 0 heterocycles. The molecular weight excluding hydrogens is 978 g/mol. The zero-order chi connectivity index (χ0) is 50.5. The van der Waals surface area contributed by atoms with Gasteiger partial charge in [0.1, 0.15) is 0 Å². The van der Waals surface area contributed by atoms with Crippen LogP contribution in [-0.4, -0.2) is 113 Å². The molecule has 0 aliphatic heterocycles. The predicted octanol–water partition coefficient (Wildman–Crippen LogP) is 14.7. The van der Waals surface area contributed by atoms with Gasteiger partial charge in [-0.2, -0.15) is 0 Å². The topological polar surface area (TPSA) is 213 Å². The second kappa shape index (κ2) is 35.1. The third-order valence-corrected chi connectivity index (χ3v) is 26.9. The van der Waals surface area contributed by atoms with Crippen LogP contribution in [0.15, 0.2) is 0 Å². The van der Waals surface area contributed by atoms with E-state index in [1.54, 1.807) is 83.1 Å². The van der Waals surface area contributed by atoms with Crippen molar-refractivity contribution in [1.82, 2.24) is 0 Å². The van der Waals surface area contributed by atoms with Crippen molar-refractivity contribution < 1.29 is 81.7 Å². The molecule has 0 bridgehead atoms. The molecule has 0 aliphatic rings. The molecule has 0 aromatic rings. The van der Waals surface area contributed by atoms with Gasteiger partial charge in [-0.05, 0) is 121 Å². The fraction of sp³-hybridized carbons (Fsp3) is 1.00. The van der Waals surface area contributed by atoms with Crippen LogP contribution in [-0.2, 0) is 81.7 Å². The van der Waals surface area contributed by atoms with Gasteiger partial charge in [0, 0.05) is 0 Å².